The first-order chi connectivity index (χ1) is 8.04. The van der Waals surface area contributed by atoms with E-state index in [4.69, 9.17) is 9.84 Å². The third-order valence-corrected chi connectivity index (χ3v) is 3.68. The van der Waals surface area contributed by atoms with Crippen LogP contribution in [0.25, 0.3) is 0 Å². The molecule has 1 fully saturated rings. The first kappa shape index (κ1) is 12.4. The average molecular weight is 236 g/mol. The second kappa shape index (κ2) is 4.65. The van der Waals surface area contributed by atoms with Crippen LogP contribution in [0.2, 0.25) is 0 Å². The zero-order chi connectivity index (χ0) is 12.5. The lowest BCUT2D eigenvalue weighted by Crippen LogP contribution is -2.42. The molecule has 17 heavy (non-hydrogen) atoms. The molecule has 0 aromatic heterocycles. The minimum atomic E-state index is -0.442. The Kier molecular flexibility index (Phi) is 3.38. The third-order valence-electron chi connectivity index (χ3n) is 3.68. The largest absolute Gasteiger partial charge is 0.455 e. The SMILES string of the molecule is C=C(CO)C(=O)OC12CCCC(=CC(C)C1)C2. The van der Waals surface area contributed by atoms with Crippen molar-refractivity contribution in [1.82, 2.24) is 0 Å². The number of carbonyl (C=O) groups excluding carboxylic acids is 1. The van der Waals surface area contributed by atoms with E-state index in [1.54, 1.807) is 0 Å². The molecule has 0 spiro atoms. The third kappa shape index (κ3) is 2.60. The Morgan fingerprint density at radius 3 is 3.18 bits per heavy atom. The Hall–Kier alpha value is -1.09. The topological polar surface area (TPSA) is 46.5 Å². The highest BCUT2D eigenvalue weighted by Crippen LogP contribution is 2.44. The van der Waals surface area contributed by atoms with Crippen molar-refractivity contribution in [2.45, 2.75) is 44.6 Å². The lowest BCUT2D eigenvalue weighted by molar-refractivity contribution is -0.159. The fourth-order valence-corrected chi connectivity index (χ4v) is 3.05. The van der Waals surface area contributed by atoms with Gasteiger partial charge in [0.05, 0.1) is 12.2 Å². The molecule has 2 aliphatic carbocycles. The van der Waals surface area contributed by atoms with E-state index in [1.165, 1.54) is 5.57 Å². The van der Waals surface area contributed by atoms with Crippen LogP contribution in [0.1, 0.15) is 39.0 Å². The maximum absolute atomic E-state index is 11.7. The van der Waals surface area contributed by atoms with Gasteiger partial charge in [0.25, 0.3) is 0 Å². The molecule has 0 radical (unpaired) electrons. The van der Waals surface area contributed by atoms with Gasteiger partial charge in [-0.3, -0.25) is 0 Å². The lowest BCUT2D eigenvalue weighted by atomic mass is 9.71. The van der Waals surface area contributed by atoms with E-state index in [9.17, 15) is 4.79 Å². The van der Waals surface area contributed by atoms with Crippen LogP contribution in [0.15, 0.2) is 23.8 Å². The summed E-state index contributed by atoms with van der Waals surface area (Å²) in [7, 11) is 0. The molecular formula is C14H20O3. The first-order valence-corrected chi connectivity index (χ1v) is 6.26. The van der Waals surface area contributed by atoms with E-state index in [2.05, 4.69) is 19.6 Å². The number of rotatable bonds is 3. The van der Waals surface area contributed by atoms with Gasteiger partial charge in [0.2, 0.25) is 0 Å². The summed E-state index contributed by atoms with van der Waals surface area (Å²) in [6.07, 6.45) is 7.20. The van der Waals surface area contributed by atoms with Crippen LogP contribution in [0.5, 0.6) is 0 Å². The highest BCUT2D eigenvalue weighted by atomic mass is 16.6. The zero-order valence-electron chi connectivity index (χ0n) is 10.4. The highest BCUT2D eigenvalue weighted by molar-refractivity contribution is 5.88. The Balaban J connectivity index is 2.11. The van der Waals surface area contributed by atoms with Crippen molar-refractivity contribution in [1.29, 1.82) is 0 Å². The van der Waals surface area contributed by atoms with Crippen molar-refractivity contribution < 1.29 is 14.6 Å². The van der Waals surface area contributed by atoms with Gasteiger partial charge in [0.1, 0.15) is 5.60 Å². The van der Waals surface area contributed by atoms with E-state index in [1.807, 2.05) is 0 Å². The van der Waals surface area contributed by atoms with Crippen molar-refractivity contribution in [3.63, 3.8) is 0 Å². The van der Waals surface area contributed by atoms with Crippen LogP contribution >= 0.6 is 0 Å². The number of aliphatic hydroxyl groups is 1. The molecule has 0 amide bonds. The molecule has 2 unspecified atom stereocenters. The van der Waals surface area contributed by atoms with Gasteiger partial charge in [-0.1, -0.05) is 25.2 Å². The smallest absolute Gasteiger partial charge is 0.336 e. The van der Waals surface area contributed by atoms with Crippen molar-refractivity contribution in [3.05, 3.63) is 23.8 Å². The molecule has 0 aromatic rings. The van der Waals surface area contributed by atoms with E-state index in [0.29, 0.717) is 5.92 Å². The number of aliphatic hydroxyl groups excluding tert-OH is 1. The van der Waals surface area contributed by atoms with Crippen LogP contribution in [-0.2, 0) is 9.53 Å². The summed E-state index contributed by atoms with van der Waals surface area (Å²) in [5.74, 6) is 0.0251. The molecule has 2 rings (SSSR count). The number of allylic oxidation sites excluding steroid dienone is 1. The summed E-state index contributed by atoms with van der Waals surface area (Å²) in [6, 6.07) is 0. The summed E-state index contributed by atoms with van der Waals surface area (Å²) in [5.41, 5.74) is 1.22. The lowest BCUT2D eigenvalue weighted by Gasteiger charge is -2.42. The van der Waals surface area contributed by atoms with Crippen LogP contribution < -0.4 is 0 Å². The van der Waals surface area contributed by atoms with Crippen LogP contribution in [0.3, 0.4) is 0 Å². The van der Waals surface area contributed by atoms with Crippen molar-refractivity contribution in [2.75, 3.05) is 6.61 Å². The predicted molar refractivity (Wildman–Crippen MR) is 65.4 cm³/mol. The van der Waals surface area contributed by atoms with Gasteiger partial charge in [-0.2, -0.15) is 0 Å². The van der Waals surface area contributed by atoms with Crippen molar-refractivity contribution in [3.8, 4) is 0 Å². The molecule has 3 nitrogen and oxygen atoms in total. The molecule has 1 N–H and O–H groups in total. The predicted octanol–water partition coefficient (Wildman–Crippen LogP) is 2.36. The summed E-state index contributed by atoms with van der Waals surface area (Å²) in [5, 5.41) is 8.90. The summed E-state index contributed by atoms with van der Waals surface area (Å²) < 4.78 is 5.63. The van der Waals surface area contributed by atoms with Gasteiger partial charge >= 0.3 is 5.97 Å². The Labute approximate surface area is 102 Å². The number of esters is 1. The first-order valence-electron chi connectivity index (χ1n) is 6.26. The number of ether oxygens (including phenoxy) is 1. The standard InChI is InChI=1S/C14H20O3/c1-10-6-12-4-3-5-14(7-10,8-12)17-13(16)11(2)9-15/h6,10,15H,2-5,7-9H2,1H3. The maximum atomic E-state index is 11.7. The van der Waals surface area contributed by atoms with E-state index in [-0.39, 0.29) is 17.8 Å². The van der Waals surface area contributed by atoms with Gasteiger partial charge in [-0.25, -0.2) is 4.79 Å². The van der Waals surface area contributed by atoms with Crippen molar-refractivity contribution in [2.24, 2.45) is 5.92 Å². The number of carbonyl (C=O) groups is 1. The van der Waals surface area contributed by atoms with Gasteiger partial charge in [-0.15, -0.1) is 0 Å². The number of hydrogen-bond donors (Lipinski definition) is 1. The quantitative estimate of drug-likeness (QED) is 0.465. The Morgan fingerprint density at radius 2 is 2.47 bits per heavy atom. The van der Waals surface area contributed by atoms with Gasteiger partial charge in [-0.05, 0) is 31.6 Å². The second-order valence-electron chi connectivity index (χ2n) is 5.37. The van der Waals surface area contributed by atoms with Gasteiger partial charge in [0.15, 0.2) is 0 Å². The van der Waals surface area contributed by atoms with Gasteiger partial charge < -0.3 is 9.84 Å². The zero-order valence-corrected chi connectivity index (χ0v) is 10.4. The van der Waals surface area contributed by atoms with Gasteiger partial charge in [0, 0.05) is 6.42 Å². The molecule has 2 aliphatic rings. The highest BCUT2D eigenvalue weighted by Gasteiger charge is 2.41. The molecular weight excluding hydrogens is 216 g/mol. The Morgan fingerprint density at radius 1 is 1.71 bits per heavy atom. The minimum absolute atomic E-state index is 0.147. The molecule has 0 aliphatic heterocycles. The van der Waals surface area contributed by atoms with E-state index in [0.717, 1.165) is 32.1 Å². The molecule has 0 saturated heterocycles. The molecule has 3 heteroatoms. The molecule has 2 atom stereocenters. The second-order valence-corrected chi connectivity index (χ2v) is 5.37. The molecule has 0 heterocycles. The number of fused-ring (bicyclic) bond motifs is 2. The van der Waals surface area contributed by atoms with Crippen molar-refractivity contribution >= 4 is 5.97 Å². The van der Waals surface area contributed by atoms with E-state index >= 15 is 0 Å². The average Bonchev–Trinajstić information content (AvgIpc) is 2.26. The van der Waals surface area contributed by atoms with Crippen LogP contribution in [0, 0.1) is 5.92 Å². The maximum Gasteiger partial charge on any atom is 0.336 e. The van der Waals surface area contributed by atoms with Crippen LogP contribution in [-0.4, -0.2) is 23.3 Å². The summed E-state index contributed by atoms with van der Waals surface area (Å²) >= 11 is 0. The fraction of sp³-hybridized carbons (Fsp3) is 0.643. The molecule has 1 saturated carbocycles. The normalized spacial score (nSPS) is 31.6. The monoisotopic (exact) mass is 236 g/mol. The molecule has 94 valence electrons. The Bertz CT molecular complexity index is 370. The molecule has 0 aromatic carbocycles. The fourth-order valence-electron chi connectivity index (χ4n) is 3.05. The number of hydrogen-bond acceptors (Lipinski definition) is 3. The summed E-state index contributed by atoms with van der Waals surface area (Å²) in [4.78, 5) is 11.7. The minimum Gasteiger partial charge on any atom is -0.455 e. The molecule has 2 bridgehead atoms. The van der Waals surface area contributed by atoms with Crippen LogP contribution in [0.4, 0.5) is 0 Å². The summed E-state index contributed by atoms with van der Waals surface area (Å²) in [6.45, 7) is 5.36. The van der Waals surface area contributed by atoms with E-state index < -0.39 is 5.97 Å².